The predicted molar refractivity (Wildman–Crippen MR) is 113 cm³/mol. The lowest BCUT2D eigenvalue weighted by Gasteiger charge is -2.34. The molecule has 152 valence electrons. The molecule has 0 unspecified atom stereocenters. The summed E-state index contributed by atoms with van der Waals surface area (Å²) in [5, 5.41) is 0.616. The Morgan fingerprint density at radius 3 is 2.45 bits per heavy atom. The molecule has 4 rings (SSSR count). The zero-order valence-electron chi connectivity index (χ0n) is 15.3. The average Bonchev–Trinajstić information content (AvgIpc) is 3.09. The van der Waals surface area contributed by atoms with E-state index in [0.717, 1.165) is 16.9 Å². The lowest BCUT2D eigenvalue weighted by Crippen LogP contribution is -2.50. The summed E-state index contributed by atoms with van der Waals surface area (Å²) >= 11 is 6.85. The molecule has 0 saturated carbocycles. The molecule has 0 bridgehead atoms. The van der Waals surface area contributed by atoms with Gasteiger partial charge in [-0.05, 0) is 35.9 Å². The quantitative estimate of drug-likeness (QED) is 0.659. The number of carbonyl (C=O) groups excluding carboxylic acids is 1. The van der Waals surface area contributed by atoms with Crippen molar-refractivity contribution < 1.29 is 13.2 Å². The predicted octanol–water partition coefficient (Wildman–Crippen LogP) is 2.32. The van der Waals surface area contributed by atoms with Gasteiger partial charge in [0.2, 0.25) is 15.9 Å². The van der Waals surface area contributed by atoms with E-state index in [2.05, 4.69) is 4.98 Å². The fourth-order valence-electron chi connectivity index (χ4n) is 3.30. The zero-order chi connectivity index (χ0) is 20.6. The minimum absolute atomic E-state index is 0.0390. The zero-order valence-corrected chi connectivity index (χ0v) is 17.7. The number of sulfonamides is 1. The number of rotatable bonds is 4. The lowest BCUT2D eigenvalue weighted by molar-refractivity contribution is -0.131. The standard InChI is InChI=1S/C19H18ClN3O4S2/c20-14-3-1-13(2-4-14)11-18(24)22-7-9-23(10-8-22)29(26,27)15-5-6-16-17(12-15)28-19(25)21-16/h1-6,12H,7-11H2,(H,21,25). The van der Waals surface area contributed by atoms with Crippen LogP contribution in [0, 0.1) is 0 Å². The highest BCUT2D eigenvalue weighted by atomic mass is 35.5. The highest BCUT2D eigenvalue weighted by molar-refractivity contribution is 7.89. The van der Waals surface area contributed by atoms with Crippen molar-refractivity contribution >= 4 is 49.1 Å². The molecule has 2 heterocycles. The lowest BCUT2D eigenvalue weighted by atomic mass is 10.1. The average molecular weight is 452 g/mol. The molecule has 29 heavy (non-hydrogen) atoms. The number of nitrogens with one attached hydrogen (secondary N) is 1. The molecule has 10 heteroatoms. The molecular weight excluding hydrogens is 434 g/mol. The van der Waals surface area contributed by atoms with Gasteiger partial charge >= 0.3 is 4.87 Å². The van der Waals surface area contributed by atoms with Crippen LogP contribution >= 0.6 is 22.9 Å². The molecule has 1 aromatic heterocycles. The molecule has 0 radical (unpaired) electrons. The van der Waals surface area contributed by atoms with Crippen LogP contribution in [0.25, 0.3) is 10.2 Å². The topological polar surface area (TPSA) is 90.6 Å². The molecule has 1 aliphatic rings. The molecule has 0 aliphatic carbocycles. The Morgan fingerprint density at radius 1 is 1.07 bits per heavy atom. The number of thiazole rings is 1. The second-order valence-electron chi connectivity index (χ2n) is 6.76. The number of H-pyrrole nitrogens is 1. The second kappa shape index (κ2) is 7.91. The maximum absolute atomic E-state index is 13.0. The van der Waals surface area contributed by atoms with Gasteiger partial charge in [0.05, 0.1) is 21.5 Å². The minimum Gasteiger partial charge on any atom is -0.340 e. The third-order valence-electron chi connectivity index (χ3n) is 4.89. The van der Waals surface area contributed by atoms with Crippen LogP contribution < -0.4 is 4.87 Å². The minimum atomic E-state index is -3.69. The molecule has 1 fully saturated rings. The summed E-state index contributed by atoms with van der Waals surface area (Å²) in [5.41, 5.74) is 1.49. The van der Waals surface area contributed by atoms with Gasteiger partial charge in [0, 0.05) is 31.2 Å². The van der Waals surface area contributed by atoms with Crippen LogP contribution in [0.1, 0.15) is 5.56 Å². The molecule has 1 saturated heterocycles. The van der Waals surface area contributed by atoms with Crippen molar-refractivity contribution in [3.8, 4) is 0 Å². The van der Waals surface area contributed by atoms with Crippen molar-refractivity contribution in [2.24, 2.45) is 0 Å². The Bertz CT molecular complexity index is 1210. The first-order chi connectivity index (χ1) is 13.8. The number of halogens is 1. The van der Waals surface area contributed by atoms with Gasteiger partial charge in [-0.3, -0.25) is 9.59 Å². The first-order valence-electron chi connectivity index (χ1n) is 8.98. The molecule has 1 aliphatic heterocycles. The Labute approximate surface area is 176 Å². The number of aromatic amines is 1. The Hall–Kier alpha value is -2.20. The fraction of sp³-hybridized carbons (Fsp3) is 0.263. The normalized spacial score (nSPS) is 15.7. The van der Waals surface area contributed by atoms with E-state index in [9.17, 15) is 18.0 Å². The van der Waals surface area contributed by atoms with Crippen LogP contribution in [0.5, 0.6) is 0 Å². The summed E-state index contributed by atoms with van der Waals surface area (Å²) in [5.74, 6) is -0.0390. The summed E-state index contributed by atoms with van der Waals surface area (Å²) in [6.07, 6.45) is 0.257. The third kappa shape index (κ3) is 4.23. The van der Waals surface area contributed by atoms with Crippen molar-refractivity contribution in [1.29, 1.82) is 0 Å². The van der Waals surface area contributed by atoms with E-state index < -0.39 is 10.0 Å². The fourth-order valence-corrected chi connectivity index (χ4v) is 5.73. The number of aromatic nitrogens is 1. The van der Waals surface area contributed by atoms with Crippen molar-refractivity contribution in [2.75, 3.05) is 26.2 Å². The summed E-state index contributed by atoms with van der Waals surface area (Å²) < 4.78 is 27.9. The first kappa shape index (κ1) is 20.1. The van der Waals surface area contributed by atoms with Crippen molar-refractivity contribution in [3.63, 3.8) is 0 Å². The highest BCUT2D eigenvalue weighted by Crippen LogP contribution is 2.23. The summed E-state index contributed by atoms with van der Waals surface area (Å²) in [7, 11) is -3.69. The first-order valence-corrected chi connectivity index (χ1v) is 11.6. The number of amides is 1. The summed E-state index contributed by atoms with van der Waals surface area (Å²) in [6.45, 7) is 1.14. The molecule has 1 N–H and O–H groups in total. The Kier molecular flexibility index (Phi) is 5.48. The van der Waals surface area contributed by atoms with Gasteiger partial charge in [0.15, 0.2) is 0 Å². The molecule has 0 atom stereocenters. The molecule has 7 nitrogen and oxygen atoms in total. The van der Waals surface area contributed by atoms with Crippen molar-refractivity contribution in [2.45, 2.75) is 11.3 Å². The smallest absolute Gasteiger partial charge is 0.305 e. The largest absolute Gasteiger partial charge is 0.340 e. The van der Waals surface area contributed by atoms with E-state index in [-0.39, 0.29) is 35.2 Å². The van der Waals surface area contributed by atoms with Crippen molar-refractivity contribution in [3.05, 3.63) is 62.7 Å². The summed E-state index contributed by atoms with van der Waals surface area (Å²) in [6, 6.07) is 11.7. The molecular formula is C19H18ClN3O4S2. The number of fused-ring (bicyclic) bond motifs is 1. The van der Waals surface area contributed by atoms with E-state index in [4.69, 9.17) is 11.6 Å². The second-order valence-corrected chi connectivity index (χ2v) is 10.1. The molecule has 0 spiro atoms. The van der Waals surface area contributed by atoms with Crippen LogP contribution in [0.15, 0.2) is 52.2 Å². The monoisotopic (exact) mass is 451 g/mol. The number of piperazine rings is 1. The van der Waals surface area contributed by atoms with Crippen LogP contribution in [-0.2, 0) is 21.2 Å². The van der Waals surface area contributed by atoms with Gasteiger partial charge in [-0.1, -0.05) is 35.1 Å². The van der Waals surface area contributed by atoms with Crippen LogP contribution in [0.4, 0.5) is 0 Å². The summed E-state index contributed by atoms with van der Waals surface area (Å²) in [4.78, 5) is 28.3. The van der Waals surface area contributed by atoms with E-state index >= 15 is 0 Å². The van der Waals surface area contributed by atoms with Gasteiger partial charge in [0.25, 0.3) is 0 Å². The van der Waals surface area contributed by atoms with E-state index in [1.165, 1.54) is 16.4 Å². The van der Waals surface area contributed by atoms with Crippen LogP contribution in [0.2, 0.25) is 5.02 Å². The third-order valence-corrected chi connectivity index (χ3v) is 7.88. The maximum atomic E-state index is 13.0. The molecule has 1 amide bonds. The van der Waals surface area contributed by atoms with Crippen LogP contribution in [-0.4, -0.2) is 54.7 Å². The number of nitrogens with zero attached hydrogens (tertiary/aromatic N) is 2. The SMILES string of the molecule is O=C(Cc1ccc(Cl)cc1)N1CCN(S(=O)(=O)c2ccc3[nH]c(=O)sc3c2)CC1. The van der Waals surface area contributed by atoms with E-state index in [1.807, 2.05) is 12.1 Å². The van der Waals surface area contributed by atoms with Gasteiger partial charge in [0.1, 0.15) is 0 Å². The number of hydrogen-bond acceptors (Lipinski definition) is 5. The number of benzene rings is 2. The van der Waals surface area contributed by atoms with Gasteiger partial charge in [-0.25, -0.2) is 8.42 Å². The van der Waals surface area contributed by atoms with E-state index in [0.29, 0.717) is 28.3 Å². The number of carbonyl (C=O) groups is 1. The Morgan fingerprint density at radius 2 is 1.76 bits per heavy atom. The molecule has 3 aromatic rings. The highest BCUT2D eigenvalue weighted by Gasteiger charge is 2.30. The number of hydrogen-bond donors (Lipinski definition) is 1. The molecule has 2 aromatic carbocycles. The van der Waals surface area contributed by atoms with E-state index in [1.54, 1.807) is 23.1 Å². The van der Waals surface area contributed by atoms with Crippen LogP contribution in [0.3, 0.4) is 0 Å². The van der Waals surface area contributed by atoms with Gasteiger partial charge < -0.3 is 9.88 Å². The Balaban J connectivity index is 1.43. The van der Waals surface area contributed by atoms with Crippen molar-refractivity contribution in [1.82, 2.24) is 14.2 Å². The maximum Gasteiger partial charge on any atom is 0.305 e. The van der Waals surface area contributed by atoms with Gasteiger partial charge in [-0.2, -0.15) is 4.31 Å². The van der Waals surface area contributed by atoms with Gasteiger partial charge in [-0.15, -0.1) is 0 Å².